The Hall–Kier alpha value is -1.58. The molecule has 0 aliphatic carbocycles. The van der Waals surface area contributed by atoms with Gasteiger partial charge in [0, 0.05) is 0 Å². The van der Waals surface area contributed by atoms with Crippen LogP contribution in [0.1, 0.15) is 27.7 Å². The summed E-state index contributed by atoms with van der Waals surface area (Å²) < 4.78 is 9.81. The van der Waals surface area contributed by atoms with Crippen LogP contribution in [0.5, 0.6) is 0 Å². The third-order valence-electron chi connectivity index (χ3n) is 2.38. The summed E-state index contributed by atoms with van der Waals surface area (Å²) in [6.45, 7) is 10.8. The third-order valence-corrected chi connectivity index (χ3v) is 2.38. The Morgan fingerprint density at radius 1 is 1.18 bits per heavy atom. The zero-order valence-corrected chi connectivity index (χ0v) is 10.9. The number of rotatable bonds is 6. The van der Waals surface area contributed by atoms with E-state index in [0.29, 0.717) is 5.57 Å². The van der Waals surface area contributed by atoms with Gasteiger partial charge in [-0.25, -0.2) is 0 Å². The third kappa shape index (κ3) is 3.44. The molecule has 0 aliphatic heterocycles. The van der Waals surface area contributed by atoms with Gasteiger partial charge in [0.05, 0.1) is 13.2 Å². The quantitative estimate of drug-likeness (QED) is 0.406. The van der Waals surface area contributed by atoms with Crippen LogP contribution in [0, 0.1) is 5.41 Å². The van der Waals surface area contributed by atoms with Crippen molar-refractivity contribution < 1.29 is 19.1 Å². The van der Waals surface area contributed by atoms with Crippen molar-refractivity contribution in [2.45, 2.75) is 27.7 Å². The highest BCUT2D eigenvalue weighted by Crippen LogP contribution is 2.30. The fourth-order valence-electron chi connectivity index (χ4n) is 1.26. The van der Waals surface area contributed by atoms with E-state index < -0.39 is 17.4 Å². The molecule has 0 aromatic carbocycles. The maximum atomic E-state index is 11.9. The van der Waals surface area contributed by atoms with Crippen molar-refractivity contribution >= 4 is 11.9 Å². The van der Waals surface area contributed by atoms with E-state index >= 15 is 0 Å². The lowest BCUT2D eigenvalue weighted by Gasteiger charge is -2.25. The van der Waals surface area contributed by atoms with Crippen LogP contribution in [0.4, 0.5) is 0 Å². The Morgan fingerprint density at radius 2 is 1.59 bits per heavy atom. The summed E-state index contributed by atoms with van der Waals surface area (Å²) in [5.41, 5.74) is -1.12. The van der Waals surface area contributed by atoms with Crippen molar-refractivity contribution in [3.8, 4) is 0 Å². The summed E-state index contributed by atoms with van der Waals surface area (Å²) in [6, 6.07) is 0. The molecule has 0 fully saturated rings. The molecule has 0 heterocycles. The highest BCUT2D eigenvalue weighted by atomic mass is 16.6. The van der Waals surface area contributed by atoms with E-state index in [0.717, 1.165) is 0 Å². The molecule has 0 unspecified atom stereocenters. The SMILES string of the molecule is C=C(/C=C/C)C(C)(C(=O)OCC)C(=O)OCC. The molecular formula is C13H20O4. The molecule has 0 N–H and O–H groups in total. The smallest absolute Gasteiger partial charge is 0.327 e. The largest absolute Gasteiger partial charge is 0.465 e. The molecule has 17 heavy (non-hydrogen) atoms. The van der Waals surface area contributed by atoms with E-state index in [4.69, 9.17) is 9.47 Å². The topological polar surface area (TPSA) is 52.6 Å². The number of hydrogen-bond acceptors (Lipinski definition) is 4. The second-order valence-electron chi connectivity index (χ2n) is 3.59. The number of hydrogen-bond donors (Lipinski definition) is 0. The van der Waals surface area contributed by atoms with Gasteiger partial charge < -0.3 is 9.47 Å². The lowest BCUT2D eigenvalue weighted by Crippen LogP contribution is -2.40. The molecule has 0 radical (unpaired) electrons. The number of ether oxygens (including phenoxy) is 2. The van der Waals surface area contributed by atoms with Gasteiger partial charge in [-0.1, -0.05) is 18.7 Å². The van der Waals surface area contributed by atoms with E-state index in [1.54, 1.807) is 32.9 Å². The van der Waals surface area contributed by atoms with E-state index in [9.17, 15) is 9.59 Å². The number of carbonyl (C=O) groups excluding carboxylic acids is 2. The van der Waals surface area contributed by atoms with Crippen LogP contribution in [0.25, 0.3) is 0 Å². The van der Waals surface area contributed by atoms with Crippen molar-refractivity contribution in [3.05, 3.63) is 24.3 Å². The Kier molecular flexibility index (Phi) is 6.25. The van der Waals surface area contributed by atoms with Crippen molar-refractivity contribution in [3.63, 3.8) is 0 Å². The average molecular weight is 240 g/mol. The van der Waals surface area contributed by atoms with Gasteiger partial charge in [0.25, 0.3) is 0 Å². The standard InChI is InChI=1S/C13H20O4/c1-6-9-10(4)13(5,11(14)16-7-2)12(15)17-8-3/h6,9H,4,7-8H2,1-3,5H3/b9-6+. The molecule has 0 rings (SSSR count). The van der Waals surface area contributed by atoms with Crippen LogP contribution >= 0.6 is 0 Å². The summed E-state index contributed by atoms with van der Waals surface area (Å²) in [7, 11) is 0. The maximum Gasteiger partial charge on any atom is 0.327 e. The van der Waals surface area contributed by atoms with Crippen LogP contribution in [-0.4, -0.2) is 25.2 Å². The molecule has 0 aliphatic rings. The normalized spacial score (nSPS) is 11.3. The van der Waals surface area contributed by atoms with Crippen LogP contribution < -0.4 is 0 Å². The van der Waals surface area contributed by atoms with Crippen LogP contribution in [0.3, 0.4) is 0 Å². The summed E-state index contributed by atoms with van der Waals surface area (Å²) in [4.78, 5) is 23.8. The van der Waals surface area contributed by atoms with Gasteiger partial charge in [-0.3, -0.25) is 9.59 Å². The minimum atomic E-state index is -1.47. The van der Waals surface area contributed by atoms with Gasteiger partial charge >= 0.3 is 11.9 Å². The van der Waals surface area contributed by atoms with Crippen molar-refractivity contribution in [1.82, 2.24) is 0 Å². The summed E-state index contributed by atoms with van der Waals surface area (Å²) in [5, 5.41) is 0. The van der Waals surface area contributed by atoms with E-state index in [1.165, 1.54) is 6.92 Å². The predicted octanol–water partition coefficient (Wildman–Crippen LogP) is 2.25. The van der Waals surface area contributed by atoms with Crippen molar-refractivity contribution in [2.24, 2.45) is 5.41 Å². The molecule has 0 amide bonds. The second-order valence-corrected chi connectivity index (χ2v) is 3.59. The Labute approximate surface area is 102 Å². The molecule has 0 saturated heterocycles. The Bertz CT molecular complexity index is 310. The van der Waals surface area contributed by atoms with Gasteiger partial charge in [0.2, 0.25) is 0 Å². The second kappa shape index (κ2) is 6.89. The van der Waals surface area contributed by atoms with Gasteiger partial charge in [-0.15, -0.1) is 0 Å². The molecular weight excluding hydrogens is 220 g/mol. The first-order valence-electron chi connectivity index (χ1n) is 5.61. The number of carbonyl (C=O) groups is 2. The lowest BCUT2D eigenvalue weighted by atomic mass is 9.82. The Balaban J connectivity index is 5.26. The molecule has 4 heteroatoms. The van der Waals surface area contributed by atoms with E-state index in [-0.39, 0.29) is 13.2 Å². The predicted molar refractivity (Wildman–Crippen MR) is 65.3 cm³/mol. The van der Waals surface area contributed by atoms with Gasteiger partial charge in [-0.2, -0.15) is 0 Å². The van der Waals surface area contributed by atoms with Crippen LogP contribution in [0.15, 0.2) is 24.3 Å². The molecule has 0 aromatic rings. The summed E-state index contributed by atoms with van der Waals surface area (Å²) in [5.74, 6) is -1.27. The maximum absolute atomic E-state index is 11.9. The van der Waals surface area contributed by atoms with Gasteiger partial charge in [0.15, 0.2) is 5.41 Å². The highest BCUT2D eigenvalue weighted by Gasteiger charge is 2.45. The van der Waals surface area contributed by atoms with Crippen LogP contribution in [-0.2, 0) is 19.1 Å². The van der Waals surface area contributed by atoms with Crippen molar-refractivity contribution in [1.29, 1.82) is 0 Å². The summed E-state index contributed by atoms with van der Waals surface area (Å²) >= 11 is 0. The molecule has 0 spiro atoms. The van der Waals surface area contributed by atoms with Crippen molar-refractivity contribution in [2.75, 3.05) is 13.2 Å². The summed E-state index contributed by atoms with van der Waals surface area (Å²) in [6.07, 6.45) is 3.31. The fourth-order valence-corrected chi connectivity index (χ4v) is 1.26. The molecule has 0 aromatic heterocycles. The highest BCUT2D eigenvalue weighted by molar-refractivity contribution is 6.03. The van der Waals surface area contributed by atoms with E-state index in [2.05, 4.69) is 6.58 Å². The first kappa shape index (κ1) is 15.4. The first-order valence-corrected chi connectivity index (χ1v) is 5.61. The fraction of sp³-hybridized carbons (Fsp3) is 0.538. The molecule has 0 bridgehead atoms. The first-order chi connectivity index (χ1) is 7.94. The minimum Gasteiger partial charge on any atom is -0.465 e. The molecule has 4 nitrogen and oxygen atoms in total. The number of allylic oxidation sites excluding steroid dienone is 2. The molecule has 0 atom stereocenters. The van der Waals surface area contributed by atoms with Gasteiger partial charge in [-0.05, 0) is 33.3 Å². The molecule has 96 valence electrons. The molecule has 0 saturated carbocycles. The lowest BCUT2D eigenvalue weighted by molar-refractivity contribution is -0.167. The number of esters is 2. The van der Waals surface area contributed by atoms with Crippen LogP contribution in [0.2, 0.25) is 0 Å². The average Bonchev–Trinajstić information content (AvgIpc) is 2.28. The zero-order valence-electron chi connectivity index (χ0n) is 10.9. The van der Waals surface area contributed by atoms with E-state index in [1.807, 2.05) is 0 Å². The van der Waals surface area contributed by atoms with Gasteiger partial charge in [0.1, 0.15) is 0 Å². The minimum absolute atomic E-state index is 0.205. The zero-order chi connectivity index (χ0) is 13.5. The monoisotopic (exact) mass is 240 g/mol. The Morgan fingerprint density at radius 3 is 1.88 bits per heavy atom.